The Morgan fingerprint density at radius 3 is 2.03 bits per heavy atom. The van der Waals surface area contributed by atoms with Crippen LogP contribution in [0.5, 0.6) is 11.5 Å². The molecule has 3 rings (SSSR count). The number of anilines is 1. The first-order valence-corrected chi connectivity index (χ1v) is 13.6. The molecule has 3 aromatic carbocycles. The highest BCUT2D eigenvalue weighted by atomic mass is 32.1. The van der Waals surface area contributed by atoms with Crippen LogP contribution >= 0.6 is 12.2 Å². The molecule has 0 saturated carbocycles. The lowest BCUT2D eigenvalue weighted by molar-refractivity contribution is -0.122. The zero-order valence-electron chi connectivity index (χ0n) is 23.0. The van der Waals surface area contributed by atoms with Gasteiger partial charge < -0.3 is 20.7 Å². The van der Waals surface area contributed by atoms with Crippen molar-refractivity contribution in [2.45, 2.75) is 59.2 Å². The van der Waals surface area contributed by atoms with Gasteiger partial charge in [-0.25, -0.2) is 0 Å². The third kappa shape index (κ3) is 9.47. The molecule has 0 heterocycles. The Labute approximate surface area is 232 Å². The number of carbonyl (C=O) groups is 1. The summed E-state index contributed by atoms with van der Waals surface area (Å²) >= 11 is 5.58. The number of nitrogens with zero attached hydrogens (tertiary/aromatic N) is 1. The van der Waals surface area contributed by atoms with Crippen LogP contribution in [0.1, 0.15) is 38.8 Å². The first kappa shape index (κ1) is 29.1. The van der Waals surface area contributed by atoms with E-state index in [4.69, 9.17) is 17.0 Å². The average molecular weight is 533 g/mol. The number of aryl methyl sites for hydroxylation is 1. The van der Waals surface area contributed by atoms with E-state index in [9.17, 15) is 4.79 Å². The van der Waals surface area contributed by atoms with Crippen molar-refractivity contribution in [2.24, 2.45) is 0 Å². The number of amides is 1. The summed E-state index contributed by atoms with van der Waals surface area (Å²) in [4.78, 5) is 15.6. The third-order valence-corrected chi connectivity index (χ3v) is 6.49. The molecule has 0 radical (unpaired) electrons. The van der Waals surface area contributed by atoms with E-state index in [1.807, 2.05) is 85.8 Å². The predicted octanol–water partition coefficient (Wildman–Crippen LogP) is 5.92. The van der Waals surface area contributed by atoms with E-state index in [1.165, 1.54) is 5.56 Å². The fraction of sp³-hybridized carbons (Fsp3) is 0.355. The van der Waals surface area contributed by atoms with Crippen LogP contribution in [-0.4, -0.2) is 47.1 Å². The van der Waals surface area contributed by atoms with Crippen molar-refractivity contribution in [1.82, 2.24) is 15.5 Å². The van der Waals surface area contributed by atoms with Gasteiger partial charge >= 0.3 is 0 Å². The van der Waals surface area contributed by atoms with Crippen molar-refractivity contribution >= 4 is 28.9 Å². The van der Waals surface area contributed by atoms with Gasteiger partial charge in [0.05, 0.1) is 0 Å². The van der Waals surface area contributed by atoms with Gasteiger partial charge in [0.15, 0.2) is 5.11 Å². The topological polar surface area (TPSA) is 65.6 Å². The molecular formula is C31H40N4O2S. The standard InChI is InChI=1S/C31H40N4O2S/c1-22(2)35(23(3)4)20-19-32-30(36)29(21-25-9-7-6-8-10-25)34-31(38)33-26-13-17-28(18-14-26)37-27-15-11-24(5)12-16-27/h6-18,22-23,29H,19-21H2,1-5H3,(H,32,36)(H2,33,34,38). The highest BCUT2D eigenvalue weighted by Gasteiger charge is 2.21. The maximum absolute atomic E-state index is 13.2. The van der Waals surface area contributed by atoms with E-state index in [1.54, 1.807) is 0 Å². The summed E-state index contributed by atoms with van der Waals surface area (Å²) < 4.78 is 5.91. The Kier molecular flexibility index (Phi) is 11.1. The van der Waals surface area contributed by atoms with Crippen LogP contribution in [0.4, 0.5) is 5.69 Å². The van der Waals surface area contributed by atoms with Crippen molar-refractivity contribution in [3.63, 3.8) is 0 Å². The van der Waals surface area contributed by atoms with Crippen LogP contribution in [0, 0.1) is 6.92 Å². The number of benzene rings is 3. The fourth-order valence-electron chi connectivity index (χ4n) is 4.28. The van der Waals surface area contributed by atoms with Crippen molar-refractivity contribution in [3.8, 4) is 11.5 Å². The van der Waals surface area contributed by atoms with Gasteiger partial charge in [-0.15, -0.1) is 0 Å². The molecular weight excluding hydrogens is 492 g/mol. The lowest BCUT2D eigenvalue weighted by Gasteiger charge is -2.30. The number of rotatable bonds is 12. The number of thiocarbonyl (C=S) groups is 1. The second kappa shape index (κ2) is 14.5. The summed E-state index contributed by atoms with van der Waals surface area (Å²) in [6.45, 7) is 12.1. The first-order chi connectivity index (χ1) is 18.2. The molecule has 0 fully saturated rings. The Morgan fingerprint density at radius 1 is 0.868 bits per heavy atom. The van der Waals surface area contributed by atoms with Gasteiger partial charge in [0.25, 0.3) is 0 Å². The lowest BCUT2D eigenvalue weighted by Crippen LogP contribution is -2.51. The van der Waals surface area contributed by atoms with Crippen LogP contribution in [0.15, 0.2) is 78.9 Å². The second-order valence-electron chi connectivity index (χ2n) is 10.00. The Hall–Kier alpha value is -3.42. The minimum Gasteiger partial charge on any atom is -0.457 e. The molecule has 0 aliphatic rings. The van der Waals surface area contributed by atoms with Crippen molar-refractivity contribution in [2.75, 3.05) is 18.4 Å². The van der Waals surface area contributed by atoms with E-state index in [2.05, 4.69) is 48.5 Å². The summed E-state index contributed by atoms with van der Waals surface area (Å²) in [5.41, 5.74) is 3.05. The fourth-order valence-corrected chi connectivity index (χ4v) is 4.54. The number of nitrogens with one attached hydrogen (secondary N) is 3. The Morgan fingerprint density at radius 2 is 1.45 bits per heavy atom. The summed E-state index contributed by atoms with van der Waals surface area (Å²) in [6, 6.07) is 25.8. The molecule has 0 spiro atoms. The molecule has 3 N–H and O–H groups in total. The molecule has 202 valence electrons. The van der Waals surface area contributed by atoms with Gasteiger partial charge in [-0.1, -0.05) is 48.0 Å². The molecule has 6 nitrogen and oxygen atoms in total. The lowest BCUT2D eigenvalue weighted by atomic mass is 10.1. The Balaban J connectivity index is 1.59. The first-order valence-electron chi connectivity index (χ1n) is 13.2. The van der Waals surface area contributed by atoms with E-state index in [0.29, 0.717) is 30.2 Å². The smallest absolute Gasteiger partial charge is 0.242 e. The summed E-state index contributed by atoms with van der Waals surface area (Å²) in [7, 11) is 0. The monoisotopic (exact) mass is 532 g/mol. The molecule has 0 aliphatic heterocycles. The molecule has 0 bridgehead atoms. The predicted molar refractivity (Wildman–Crippen MR) is 161 cm³/mol. The van der Waals surface area contributed by atoms with Crippen LogP contribution in [0.2, 0.25) is 0 Å². The van der Waals surface area contributed by atoms with Crippen molar-refractivity contribution in [3.05, 3.63) is 90.0 Å². The maximum Gasteiger partial charge on any atom is 0.242 e. The number of carbonyl (C=O) groups excluding carboxylic acids is 1. The molecule has 38 heavy (non-hydrogen) atoms. The number of hydrogen-bond acceptors (Lipinski definition) is 4. The van der Waals surface area contributed by atoms with Crippen molar-refractivity contribution in [1.29, 1.82) is 0 Å². The van der Waals surface area contributed by atoms with Gasteiger partial charge in [0.2, 0.25) is 5.91 Å². The maximum atomic E-state index is 13.2. The normalized spacial score (nSPS) is 11.9. The van der Waals surface area contributed by atoms with E-state index < -0.39 is 6.04 Å². The highest BCUT2D eigenvalue weighted by molar-refractivity contribution is 7.80. The summed E-state index contributed by atoms with van der Waals surface area (Å²) in [5.74, 6) is 1.44. The van der Waals surface area contributed by atoms with Crippen LogP contribution in [0.3, 0.4) is 0 Å². The summed E-state index contributed by atoms with van der Waals surface area (Å²) in [6.07, 6.45) is 0.524. The van der Waals surface area contributed by atoms with E-state index >= 15 is 0 Å². The molecule has 0 aromatic heterocycles. The SMILES string of the molecule is Cc1ccc(Oc2ccc(NC(=S)NC(Cc3ccccc3)C(=O)NCCN(C(C)C)C(C)C)cc2)cc1. The van der Waals surface area contributed by atoms with Crippen LogP contribution < -0.4 is 20.7 Å². The van der Waals surface area contributed by atoms with E-state index in [-0.39, 0.29) is 5.91 Å². The largest absolute Gasteiger partial charge is 0.457 e. The van der Waals surface area contributed by atoms with E-state index in [0.717, 1.165) is 29.3 Å². The van der Waals surface area contributed by atoms with Gasteiger partial charge in [-0.3, -0.25) is 9.69 Å². The van der Waals surface area contributed by atoms with Gasteiger partial charge in [-0.05, 0) is 88.8 Å². The van der Waals surface area contributed by atoms with Gasteiger partial charge in [0.1, 0.15) is 17.5 Å². The molecule has 1 atom stereocenters. The zero-order valence-corrected chi connectivity index (χ0v) is 23.8. The molecule has 3 aromatic rings. The van der Waals surface area contributed by atoms with Crippen molar-refractivity contribution < 1.29 is 9.53 Å². The average Bonchev–Trinajstić information content (AvgIpc) is 2.88. The molecule has 0 aliphatic carbocycles. The number of hydrogen-bond donors (Lipinski definition) is 3. The Bertz CT molecular complexity index is 1140. The second-order valence-corrected chi connectivity index (χ2v) is 10.4. The molecule has 1 amide bonds. The van der Waals surface area contributed by atoms with Crippen LogP contribution in [0.25, 0.3) is 0 Å². The third-order valence-electron chi connectivity index (χ3n) is 6.27. The van der Waals surface area contributed by atoms with Crippen LogP contribution in [-0.2, 0) is 11.2 Å². The van der Waals surface area contributed by atoms with Gasteiger partial charge in [0, 0.05) is 37.3 Å². The minimum absolute atomic E-state index is 0.0766. The zero-order chi connectivity index (χ0) is 27.5. The molecule has 1 unspecified atom stereocenters. The summed E-state index contributed by atoms with van der Waals surface area (Å²) in [5, 5.41) is 9.90. The molecule has 0 saturated heterocycles. The highest BCUT2D eigenvalue weighted by Crippen LogP contribution is 2.23. The van der Waals surface area contributed by atoms with Gasteiger partial charge in [-0.2, -0.15) is 0 Å². The minimum atomic E-state index is -0.506. The quantitative estimate of drug-likeness (QED) is 0.252. The number of ether oxygens (including phenoxy) is 1. The molecule has 7 heteroatoms.